The molecule has 4 aromatic carbocycles. The van der Waals surface area contributed by atoms with Gasteiger partial charge in [0, 0.05) is 43.1 Å². The molecule has 1 fully saturated rings. The molecule has 0 unspecified atom stereocenters. The summed E-state index contributed by atoms with van der Waals surface area (Å²) < 4.78 is 8.37. The van der Waals surface area contributed by atoms with E-state index >= 15 is 0 Å². The molecule has 9 rings (SSSR count). The van der Waals surface area contributed by atoms with Crippen molar-refractivity contribution in [2.24, 2.45) is 5.92 Å². The molecule has 4 heterocycles. The van der Waals surface area contributed by atoms with E-state index in [1.165, 1.54) is 38.5 Å². The quantitative estimate of drug-likeness (QED) is 0.123. The van der Waals surface area contributed by atoms with Crippen molar-refractivity contribution in [1.82, 2.24) is 19.5 Å². The fourth-order valence-electron chi connectivity index (χ4n) is 7.66. The molecule has 5 nitrogen and oxygen atoms in total. The van der Waals surface area contributed by atoms with Gasteiger partial charge in [0.2, 0.25) is 5.71 Å². The van der Waals surface area contributed by atoms with Gasteiger partial charge in [-0.05, 0) is 66.5 Å². The SMILES string of the molecule is C[Si](C)(C)c1cnc(-c2[c-]cccc2)cc1CC1CCCCC1.Cc1ccc2c(n1)oc1c(-c3nc4ccccc4n3-c3ccccc3)[c-]ccc12.[Ir]. The van der Waals surface area contributed by atoms with Gasteiger partial charge in [-0.1, -0.05) is 105 Å². The molecular formula is C46H44IrN4OSi-2. The van der Waals surface area contributed by atoms with E-state index in [4.69, 9.17) is 14.4 Å². The van der Waals surface area contributed by atoms with Crippen molar-refractivity contribution >= 4 is 46.4 Å². The maximum Gasteiger partial charge on any atom is 0.216 e. The molecule has 7 heteroatoms. The van der Waals surface area contributed by atoms with Crippen molar-refractivity contribution in [3.8, 4) is 28.3 Å². The summed E-state index contributed by atoms with van der Waals surface area (Å²) in [7, 11) is -1.36. The smallest absolute Gasteiger partial charge is 0.216 e. The number of hydrogen-bond donors (Lipinski definition) is 0. The summed E-state index contributed by atoms with van der Waals surface area (Å²) in [6, 6.07) is 43.7. The third-order valence-corrected chi connectivity index (χ3v) is 12.3. The van der Waals surface area contributed by atoms with E-state index in [1.807, 2.05) is 73.7 Å². The largest absolute Gasteiger partial charge is 0.486 e. The van der Waals surface area contributed by atoms with Crippen LogP contribution in [0.2, 0.25) is 19.6 Å². The summed E-state index contributed by atoms with van der Waals surface area (Å²) in [5.41, 5.74) is 9.93. The Bertz CT molecular complexity index is 2480. The van der Waals surface area contributed by atoms with E-state index in [-0.39, 0.29) is 20.1 Å². The minimum absolute atomic E-state index is 0. The molecule has 1 radical (unpaired) electrons. The van der Waals surface area contributed by atoms with Gasteiger partial charge in [-0.15, -0.1) is 54.1 Å². The Kier molecular flexibility index (Phi) is 10.9. The molecule has 269 valence electrons. The number of hydrogen-bond acceptors (Lipinski definition) is 4. The molecule has 8 aromatic rings. The molecule has 1 saturated carbocycles. The van der Waals surface area contributed by atoms with Gasteiger partial charge < -0.3 is 14.0 Å². The van der Waals surface area contributed by atoms with E-state index in [0.717, 1.165) is 67.3 Å². The first-order chi connectivity index (χ1) is 25.3. The zero-order chi connectivity index (χ0) is 35.7. The topological polar surface area (TPSA) is 56.7 Å². The van der Waals surface area contributed by atoms with Gasteiger partial charge in [0.15, 0.2) is 0 Å². The second-order valence-corrected chi connectivity index (χ2v) is 20.1. The number of furan rings is 1. The van der Waals surface area contributed by atoms with Crippen LogP contribution in [0.3, 0.4) is 0 Å². The first-order valence-corrected chi connectivity index (χ1v) is 22.0. The van der Waals surface area contributed by atoms with Crippen LogP contribution < -0.4 is 5.19 Å². The van der Waals surface area contributed by atoms with Crippen molar-refractivity contribution in [2.75, 3.05) is 0 Å². The summed E-state index contributed by atoms with van der Waals surface area (Å²) in [5.74, 6) is 1.67. The molecule has 0 bridgehead atoms. The molecule has 53 heavy (non-hydrogen) atoms. The molecular weight excluding hydrogens is 845 g/mol. The summed E-state index contributed by atoms with van der Waals surface area (Å²) in [5, 5.41) is 3.57. The number of pyridine rings is 2. The number of para-hydroxylation sites is 3. The summed E-state index contributed by atoms with van der Waals surface area (Å²) in [6.45, 7) is 9.27. The molecule has 0 saturated heterocycles. The summed E-state index contributed by atoms with van der Waals surface area (Å²) in [6.07, 6.45) is 10.5. The molecule has 0 aliphatic heterocycles. The number of imidazole rings is 1. The van der Waals surface area contributed by atoms with Crippen molar-refractivity contribution < 1.29 is 24.5 Å². The molecule has 0 amide bonds. The van der Waals surface area contributed by atoms with Gasteiger partial charge in [0.25, 0.3) is 0 Å². The zero-order valence-corrected chi connectivity index (χ0v) is 34.2. The Morgan fingerprint density at radius 3 is 2.34 bits per heavy atom. The average Bonchev–Trinajstić information content (AvgIpc) is 3.74. The van der Waals surface area contributed by atoms with Crippen LogP contribution in [0.4, 0.5) is 0 Å². The fourth-order valence-corrected chi connectivity index (χ4v) is 9.25. The second kappa shape index (κ2) is 15.7. The number of aromatic nitrogens is 4. The molecule has 1 aliphatic carbocycles. The second-order valence-electron chi connectivity index (χ2n) is 15.1. The molecule has 0 atom stereocenters. The van der Waals surface area contributed by atoms with Crippen molar-refractivity contribution in [2.45, 2.75) is 65.1 Å². The fraction of sp³-hybridized carbons (Fsp3) is 0.239. The molecule has 4 aromatic heterocycles. The predicted molar refractivity (Wildman–Crippen MR) is 217 cm³/mol. The summed E-state index contributed by atoms with van der Waals surface area (Å²) >= 11 is 0. The maximum atomic E-state index is 6.21. The van der Waals surface area contributed by atoms with Crippen molar-refractivity contribution in [3.05, 3.63) is 139 Å². The number of aryl methyl sites for hydroxylation is 1. The van der Waals surface area contributed by atoms with Crippen LogP contribution in [0.5, 0.6) is 0 Å². The van der Waals surface area contributed by atoms with Gasteiger partial charge >= 0.3 is 0 Å². The van der Waals surface area contributed by atoms with Gasteiger partial charge in [-0.25, -0.2) is 4.98 Å². The Balaban J connectivity index is 0.000000166. The monoisotopic (exact) mass is 889 g/mol. The van der Waals surface area contributed by atoms with Gasteiger partial charge in [-0.2, -0.15) is 0 Å². The number of nitrogens with zero attached hydrogens (tertiary/aromatic N) is 4. The van der Waals surface area contributed by atoms with Crippen LogP contribution >= 0.6 is 0 Å². The van der Waals surface area contributed by atoms with Gasteiger partial charge in [0.1, 0.15) is 0 Å². The summed E-state index contributed by atoms with van der Waals surface area (Å²) in [4.78, 5) is 14.3. The predicted octanol–water partition coefficient (Wildman–Crippen LogP) is 11.3. The Labute approximate surface area is 326 Å². The Morgan fingerprint density at radius 2 is 1.57 bits per heavy atom. The van der Waals surface area contributed by atoms with Crippen molar-refractivity contribution in [3.63, 3.8) is 0 Å². The van der Waals surface area contributed by atoms with Crippen LogP contribution in [0, 0.1) is 25.0 Å². The van der Waals surface area contributed by atoms with Crippen LogP contribution in [-0.2, 0) is 26.5 Å². The van der Waals surface area contributed by atoms with E-state index < -0.39 is 8.07 Å². The van der Waals surface area contributed by atoms with Crippen LogP contribution in [0.15, 0.2) is 120 Å². The number of rotatable bonds is 6. The standard InChI is InChI=1S/C25H16N3O.C21H28NSi.Ir/c1-16-14-15-19-18-10-7-11-20(23(18)29-25(19)26-16)24-27-21-12-5-6-13-22(21)28(24)17-8-3-2-4-9-17;1-23(2,3)21-16-22-20(18-12-8-5-9-13-18)15-19(21)14-17-10-6-4-7-11-17;/h2-10,12-15H,1H3;5,8-9,12,15-17H,4,6-7,10-11,14H2,1-3H3;/q2*-1;. The minimum Gasteiger partial charge on any atom is -0.486 e. The Morgan fingerprint density at radius 1 is 0.792 bits per heavy atom. The number of fused-ring (bicyclic) bond motifs is 4. The van der Waals surface area contributed by atoms with Crippen molar-refractivity contribution in [1.29, 1.82) is 0 Å². The normalized spacial score (nSPS) is 13.5. The molecule has 0 spiro atoms. The maximum absolute atomic E-state index is 6.21. The van der Waals surface area contributed by atoms with Crippen LogP contribution in [0.1, 0.15) is 43.4 Å². The van der Waals surface area contributed by atoms with E-state index in [9.17, 15) is 0 Å². The third kappa shape index (κ3) is 7.70. The van der Waals surface area contributed by atoms with Crippen LogP contribution in [0.25, 0.3) is 61.4 Å². The number of benzene rings is 4. The third-order valence-electron chi connectivity index (χ3n) is 10.3. The first kappa shape index (κ1) is 36.7. The Hall–Kier alpha value is -4.68. The van der Waals surface area contributed by atoms with E-state index in [1.54, 1.807) is 10.8 Å². The van der Waals surface area contributed by atoms with E-state index in [0.29, 0.717) is 5.71 Å². The van der Waals surface area contributed by atoms with Gasteiger partial charge in [-0.3, -0.25) is 4.98 Å². The van der Waals surface area contributed by atoms with Gasteiger partial charge in [0.05, 0.1) is 30.5 Å². The molecule has 1 aliphatic rings. The average molecular weight is 889 g/mol. The van der Waals surface area contributed by atoms with Crippen LogP contribution in [-0.4, -0.2) is 27.6 Å². The zero-order valence-electron chi connectivity index (χ0n) is 30.8. The minimum atomic E-state index is -1.36. The molecule has 0 N–H and O–H groups in total. The van der Waals surface area contributed by atoms with E-state index in [2.05, 4.69) is 90.0 Å². The first-order valence-electron chi connectivity index (χ1n) is 18.5.